The number of halogens is 4. The summed E-state index contributed by atoms with van der Waals surface area (Å²) in [5.74, 6) is 0. The largest absolute Gasteiger partial charge is 0.412 e. The minimum atomic E-state index is -4.95. The molecule has 0 saturated heterocycles. The van der Waals surface area contributed by atoms with Crippen molar-refractivity contribution in [3.05, 3.63) is 16.6 Å². The summed E-state index contributed by atoms with van der Waals surface area (Å²) in [6.07, 6.45) is -4.95. The van der Waals surface area contributed by atoms with Crippen molar-refractivity contribution in [2.75, 3.05) is 0 Å². The first kappa shape index (κ1) is 11.7. The molecule has 14 heavy (non-hydrogen) atoms. The van der Waals surface area contributed by atoms with E-state index in [0.717, 1.165) is 22.2 Å². The number of nitrogens with zero attached hydrogens (tertiary/aromatic N) is 1. The highest BCUT2D eigenvalue weighted by atomic mass is 35.7. The Morgan fingerprint density at radius 2 is 2.07 bits per heavy atom. The van der Waals surface area contributed by atoms with Gasteiger partial charge in [0.1, 0.15) is 0 Å². The summed E-state index contributed by atoms with van der Waals surface area (Å²) >= 11 is 0.866. The van der Waals surface area contributed by atoms with E-state index in [1.54, 1.807) is 0 Å². The quantitative estimate of drug-likeness (QED) is 0.771. The molecular weight excluding hydrogens is 263 g/mol. The van der Waals surface area contributed by atoms with E-state index in [0.29, 0.717) is 0 Å². The predicted molar refractivity (Wildman–Crippen MR) is 45.7 cm³/mol. The van der Waals surface area contributed by atoms with Gasteiger partial charge in [-0.15, -0.1) is 11.3 Å². The standard InChI is InChI=1S/C5H3ClF3NO2S2/c6-14(11,12)4(5(7,8)9)3-1-13-2-10-3/h1-2,4H. The molecule has 1 atom stereocenters. The Labute approximate surface area is 86.0 Å². The molecule has 1 aromatic heterocycles. The monoisotopic (exact) mass is 265 g/mol. The van der Waals surface area contributed by atoms with Crippen LogP contribution in [0.3, 0.4) is 0 Å². The third-order valence-electron chi connectivity index (χ3n) is 1.30. The maximum Gasteiger partial charge on any atom is 0.412 e. The lowest BCUT2D eigenvalue weighted by Gasteiger charge is -2.14. The van der Waals surface area contributed by atoms with Crippen LogP contribution in [0.4, 0.5) is 13.2 Å². The molecule has 0 aliphatic heterocycles. The zero-order chi connectivity index (χ0) is 11.0. The van der Waals surface area contributed by atoms with Crippen LogP contribution >= 0.6 is 22.0 Å². The molecule has 1 aromatic rings. The second-order valence-electron chi connectivity index (χ2n) is 2.31. The van der Waals surface area contributed by atoms with Crippen molar-refractivity contribution >= 4 is 31.1 Å². The van der Waals surface area contributed by atoms with Gasteiger partial charge < -0.3 is 0 Å². The van der Waals surface area contributed by atoms with Gasteiger partial charge in [0.2, 0.25) is 14.3 Å². The molecule has 0 aliphatic rings. The SMILES string of the molecule is O=S(=O)(Cl)C(c1cscn1)C(F)(F)F. The molecule has 0 radical (unpaired) electrons. The first-order chi connectivity index (χ1) is 6.23. The lowest BCUT2D eigenvalue weighted by Crippen LogP contribution is -2.26. The smallest absolute Gasteiger partial charge is 0.248 e. The fourth-order valence-corrected chi connectivity index (χ4v) is 2.80. The average Bonchev–Trinajstić information content (AvgIpc) is 2.31. The summed E-state index contributed by atoms with van der Waals surface area (Å²) in [6.45, 7) is 0. The maximum atomic E-state index is 12.3. The Bertz CT molecular complexity index is 399. The van der Waals surface area contributed by atoms with Crippen LogP contribution in [0.15, 0.2) is 10.9 Å². The first-order valence-corrected chi connectivity index (χ1v) is 6.42. The minimum absolute atomic E-state index is 0.600. The van der Waals surface area contributed by atoms with Crippen molar-refractivity contribution in [1.29, 1.82) is 0 Å². The van der Waals surface area contributed by atoms with Gasteiger partial charge in [-0.1, -0.05) is 0 Å². The third kappa shape index (κ3) is 2.58. The van der Waals surface area contributed by atoms with Gasteiger partial charge in [-0.05, 0) is 0 Å². The molecule has 0 spiro atoms. The van der Waals surface area contributed by atoms with Gasteiger partial charge in [0.25, 0.3) is 0 Å². The van der Waals surface area contributed by atoms with Crippen LogP contribution in [-0.4, -0.2) is 19.6 Å². The molecule has 80 valence electrons. The van der Waals surface area contributed by atoms with Crippen LogP contribution in [0.25, 0.3) is 0 Å². The van der Waals surface area contributed by atoms with Crippen LogP contribution in [0.5, 0.6) is 0 Å². The van der Waals surface area contributed by atoms with Gasteiger partial charge in [-0.25, -0.2) is 13.4 Å². The molecule has 9 heteroatoms. The molecule has 0 saturated carbocycles. The van der Waals surface area contributed by atoms with E-state index >= 15 is 0 Å². The Hall–Kier alpha value is -0.340. The molecule has 0 bridgehead atoms. The lowest BCUT2D eigenvalue weighted by molar-refractivity contribution is -0.131. The topological polar surface area (TPSA) is 47.0 Å². The predicted octanol–water partition coefficient (Wildman–Crippen LogP) is 2.32. The number of rotatable bonds is 2. The number of aromatic nitrogens is 1. The summed E-state index contributed by atoms with van der Waals surface area (Å²) < 4.78 is 58.2. The number of alkyl halides is 3. The fourth-order valence-electron chi connectivity index (χ4n) is 0.823. The molecule has 0 N–H and O–H groups in total. The van der Waals surface area contributed by atoms with Crippen molar-refractivity contribution in [3.63, 3.8) is 0 Å². The van der Waals surface area contributed by atoms with Crippen LogP contribution in [0.2, 0.25) is 0 Å². The average molecular weight is 266 g/mol. The highest BCUT2D eigenvalue weighted by Crippen LogP contribution is 2.40. The molecule has 0 amide bonds. The van der Waals surface area contributed by atoms with Gasteiger partial charge >= 0.3 is 6.18 Å². The second-order valence-corrected chi connectivity index (χ2v) is 5.74. The Morgan fingerprint density at radius 1 is 1.50 bits per heavy atom. The molecule has 1 heterocycles. The van der Waals surface area contributed by atoms with Crippen LogP contribution in [-0.2, 0) is 9.05 Å². The maximum absolute atomic E-state index is 12.3. The van der Waals surface area contributed by atoms with E-state index in [4.69, 9.17) is 10.7 Å². The van der Waals surface area contributed by atoms with Crippen molar-refractivity contribution in [3.8, 4) is 0 Å². The van der Waals surface area contributed by atoms with Crippen LogP contribution < -0.4 is 0 Å². The molecule has 1 rings (SSSR count). The molecule has 0 aromatic carbocycles. The van der Waals surface area contributed by atoms with Gasteiger partial charge in [0, 0.05) is 16.1 Å². The van der Waals surface area contributed by atoms with E-state index in [1.807, 2.05) is 0 Å². The highest BCUT2D eigenvalue weighted by Gasteiger charge is 2.50. The highest BCUT2D eigenvalue weighted by molar-refractivity contribution is 8.14. The van der Waals surface area contributed by atoms with E-state index in [1.165, 1.54) is 0 Å². The van der Waals surface area contributed by atoms with E-state index < -0.39 is 26.2 Å². The Morgan fingerprint density at radius 3 is 2.36 bits per heavy atom. The van der Waals surface area contributed by atoms with E-state index in [9.17, 15) is 21.6 Å². The van der Waals surface area contributed by atoms with E-state index in [2.05, 4.69) is 4.98 Å². The molecule has 0 fully saturated rings. The normalized spacial score (nSPS) is 15.4. The summed E-state index contributed by atoms with van der Waals surface area (Å²) in [7, 11) is -0.0621. The second kappa shape index (κ2) is 3.67. The van der Waals surface area contributed by atoms with Crippen LogP contribution in [0, 0.1) is 0 Å². The van der Waals surface area contributed by atoms with Crippen molar-refractivity contribution in [2.45, 2.75) is 11.4 Å². The zero-order valence-corrected chi connectivity index (χ0v) is 8.71. The number of hydrogen-bond acceptors (Lipinski definition) is 4. The summed E-state index contributed by atoms with van der Waals surface area (Å²) in [6, 6.07) is 0. The van der Waals surface area contributed by atoms with E-state index in [-0.39, 0.29) is 0 Å². The zero-order valence-electron chi connectivity index (χ0n) is 6.32. The van der Waals surface area contributed by atoms with Gasteiger partial charge in [0.15, 0.2) is 0 Å². The first-order valence-electron chi connectivity index (χ1n) is 3.11. The number of thiazole rings is 1. The summed E-state index contributed by atoms with van der Waals surface area (Å²) in [5.41, 5.74) is 0.508. The third-order valence-corrected chi connectivity index (χ3v) is 3.51. The molecular formula is C5H3ClF3NO2S2. The Balaban J connectivity index is 3.22. The van der Waals surface area contributed by atoms with Gasteiger partial charge in [0.05, 0.1) is 11.2 Å². The Kier molecular flexibility index (Phi) is 3.07. The minimum Gasteiger partial charge on any atom is -0.248 e. The molecule has 3 nitrogen and oxygen atoms in total. The van der Waals surface area contributed by atoms with Crippen LogP contribution in [0.1, 0.15) is 10.9 Å². The molecule has 0 aliphatic carbocycles. The summed E-state index contributed by atoms with van der Waals surface area (Å²) in [5, 5.41) is -1.75. The van der Waals surface area contributed by atoms with Gasteiger partial charge in [-0.3, -0.25) is 0 Å². The summed E-state index contributed by atoms with van der Waals surface area (Å²) in [4.78, 5) is 3.28. The van der Waals surface area contributed by atoms with Crippen molar-refractivity contribution in [1.82, 2.24) is 4.98 Å². The van der Waals surface area contributed by atoms with Crippen molar-refractivity contribution < 1.29 is 21.6 Å². The lowest BCUT2D eigenvalue weighted by atomic mass is 10.3. The molecule has 1 unspecified atom stereocenters. The van der Waals surface area contributed by atoms with Gasteiger partial charge in [-0.2, -0.15) is 13.2 Å². The van der Waals surface area contributed by atoms with Crippen molar-refractivity contribution in [2.24, 2.45) is 0 Å². The number of hydrogen-bond donors (Lipinski definition) is 0. The fraction of sp³-hybridized carbons (Fsp3) is 0.400.